The van der Waals surface area contributed by atoms with Crippen LogP contribution in [0.1, 0.15) is 71.5 Å². The number of hydrogen-bond acceptors (Lipinski definition) is 4. The van der Waals surface area contributed by atoms with Gasteiger partial charge in [0.05, 0.1) is 5.56 Å². The Bertz CT molecular complexity index is 1320. The van der Waals surface area contributed by atoms with Crippen molar-refractivity contribution < 1.29 is 24.5 Å². The van der Waals surface area contributed by atoms with Gasteiger partial charge in [-0.1, -0.05) is 62.1 Å². The summed E-state index contributed by atoms with van der Waals surface area (Å²) >= 11 is 0. The van der Waals surface area contributed by atoms with Gasteiger partial charge in [0.15, 0.2) is 6.79 Å². The number of aliphatic hydroxyl groups excluding tert-OH is 1. The van der Waals surface area contributed by atoms with Crippen LogP contribution in [0.2, 0.25) is 0 Å². The molecule has 0 aromatic heterocycles. The van der Waals surface area contributed by atoms with Gasteiger partial charge in [0.25, 0.3) is 0 Å². The van der Waals surface area contributed by atoms with E-state index >= 15 is 0 Å². The van der Waals surface area contributed by atoms with Crippen molar-refractivity contribution in [2.75, 3.05) is 13.4 Å². The van der Waals surface area contributed by atoms with Crippen molar-refractivity contribution in [3.05, 3.63) is 106 Å². The average Bonchev–Trinajstić information content (AvgIpc) is 2.88. The van der Waals surface area contributed by atoms with E-state index in [1.54, 1.807) is 12.1 Å². The van der Waals surface area contributed by atoms with Crippen molar-refractivity contribution in [3.8, 4) is 17.6 Å². The number of aromatic carboxylic acids is 1. The first kappa shape index (κ1) is 25.2. The first-order valence-corrected chi connectivity index (χ1v) is 12.0. The normalized spacial score (nSPS) is 14.6. The summed E-state index contributed by atoms with van der Waals surface area (Å²) in [5.41, 5.74) is 6.07. The first-order chi connectivity index (χ1) is 17.3. The second-order valence-electron chi connectivity index (χ2n) is 9.34. The summed E-state index contributed by atoms with van der Waals surface area (Å²) in [4.78, 5) is 11.0. The van der Waals surface area contributed by atoms with E-state index in [4.69, 9.17) is 14.6 Å². The van der Waals surface area contributed by atoms with E-state index in [0.29, 0.717) is 12.2 Å². The first-order valence-electron chi connectivity index (χ1n) is 12.0. The third kappa shape index (κ3) is 5.68. The predicted molar refractivity (Wildman–Crippen MR) is 140 cm³/mol. The van der Waals surface area contributed by atoms with Crippen LogP contribution in [0.15, 0.2) is 72.8 Å². The highest BCUT2D eigenvalue weighted by Gasteiger charge is 2.29. The molecule has 0 heterocycles. The Kier molecular flexibility index (Phi) is 7.59. The van der Waals surface area contributed by atoms with Gasteiger partial charge < -0.3 is 19.7 Å². The molecule has 0 saturated carbocycles. The molecule has 0 aliphatic heterocycles. The van der Waals surface area contributed by atoms with E-state index in [1.165, 1.54) is 17.7 Å². The Morgan fingerprint density at radius 1 is 1.06 bits per heavy atom. The molecule has 1 atom stereocenters. The van der Waals surface area contributed by atoms with Crippen molar-refractivity contribution in [3.63, 3.8) is 0 Å². The molecule has 2 N–H and O–H groups in total. The molecule has 0 bridgehead atoms. The molecule has 5 heteroatoms. The van der Waals surface area contributed by atoms with E-state index < -0.39 is 12.1 Å². The molecule has 1 aliphatic rings. The van der Waals surface area contributed by atoms with E-state index in [1.807, 2.05) is 25.1 Å². The van der Waals surface area contributed by atoms with Crippen molar-refractivity contribution in [2.45, 2.75) is 38.7 Å². The molecule has 1 aliphatic carbocycles. The van der Waals surface area contributed by atoms with E-state index in [0.717, 1.165) is 34.4 Å². The van der Waals surface area contributed by atoms with Crippen LogP contribution in [-0.4, -0.2) is 29.6 Å². The highest BCUT2D eigenvalue weighted by molar-refractivity contribution is 5.87. The third-order valence-electron chi connectivity index (χ3n) is 6.36. The second kappa shape index (κ2) is 10.8. The molecule has 5 nitrogen and oxygen atoms in total. The van der Waals surface area contributed by atoms with Gasteiger partial charge >= 0.3 is 5.97 Å². The van der Waals surface area contributed by atoms with Crippen molar-refractivity contribution in [2.24, 2.45) is 0 Å². The van der Waals surface area contributed by atoms with Gasteiger partial charge in [0.1, 0.15) is 11.9 Å². The number of ether oxygens (including phenoxy) is 2. The van der Waals surface area contributed by atoms with Crippen LogP contribution in [0.25, 0.3) is 5.57 Å². The van der Waals surface area contributed by atoms with E-state index in [-0.39, 0.29) is 17.8 Å². The highest BCUT2D eigenvalue weighted by atomic mass is 16.7. The molecule has 0 radical (unpaired) electrons. The lowest BCUT2D eigenvalue weighted by Gasteiger charge is -2.33. The summed E-state index contributed by atoms with van der Waals surface area (Å²) in [5, 5.41) is 19.8. The van der Waals surface area contributed by atoms with Crippen LogP contribution < -0.4 is 4.74 Å². The molecule has 0 fully saturated rings. The molecule has 36 heavy (non-hydrogen) atoms. The van der Waals surface area contributed by atoms with Crippen LogP contribution in [0, 0.1) is 11.8 Å². The summed E-state index contributed by atoms with van der Waals surface area (Å²) in [6.07, 6.45) is 2.19. The number of hydrogen-bond donors (Lipinski definition) is 2. The smallest absolute Gasteiger partial charge is 0.335 e. The van der Waals surface area contributed by atoms with Crippen molar-refractivity contribution in [1.82, 2.24) is 0 Å². The van der Waals surface area contributed by atoms with Gasteiger partial charge in [-0.25, -0.2) is 4.79 Å². The fraction of sp³-hybridized carbons (Fsp3) is 0.258. The average molecular weight is 483 g/mol. The number of fused-ring (bicyclic) bond motifs is 1. The summed E-state index contributed by atoms with van der Waals surface area (Å²) in [5.74, 6) is 5.61. The maximum atomic E-state index is 11.0. The lowest BCUT2D eigenvalue weighted by atomic mass is 9.71. The monoisotopic (exact) mass is 482 g/mol. The zero-order valence-corrected chi connectivity index (χ0v) is 20.7. The third-order valence-corrected chi connectivity index (χ3v) is 6.36. The molecule has 4 rings (SSSR count). The van der Waals surface area contributed by atoms with Gasteiger partial charge in [-0.2, -0.15) is 0 Å². The maximum Gasteiger partial charge on any atom is 0.335 e. The number of aliphatic hydroxyl groups is 1. The number of benzene rings is 3. The second-order valence-corrected chi connectivity index (χ2v) is 9.34. The minimum atomic E-state index is -0.981. The molecule has 3 aromatic carbocycles. The molecule has 0 spiro atoms. The standard InChI is InChI=1S/C31H30O5/c1-4-35-20-36-25-13-10-22(11-14-25)26-17-18-31(2,3)28-19-24(12-15-27(26)28)29(32)16-7-21-5-8-23(9-6-21)30(33)34/h5-6,8-15,17,19,29,32H,4,18,20H2,1-3H3,(H,33,34). The summed E-state index contributed by atoms with van der Waals surface area (Å²) in [7, 11) is 0. The Morgan fingerprint density at radius 2 is 1.78 bits per heavy atom. The van der Waals surface area contributed by atoms with Crippen LogP contribution in [0.5, 0.6) is 5.75 Å². The topological polar surface area (TPSA) is 76.0 Å². The Balaban J connectivity index is 1.57. The van der Waals surface area contributed by atoms with Crippen LogP contribution in [0.4, 0.5) is 0 Å². The van der Waals surface area contributed by atoms with Crippen molar-refractivity contribution >= 4 is 11.5 Å². The molecule has 1 unspecified atom stereocenters. The number of carboxylic acid groups (broad SMARTS) is 1. The molecule has 184 valence electrons. The minimum Gasteiger partial charge on any atom is -0.478 e. The molecule has 0 saturated heterocycles. The lowest BCUT2D eigenvalue weighted by molar-refractivity contribution is 0.0224. The maximum absolute atomic E-state index is 11.0. The van der Waals surface area contributed by atoms with Crippen molar-refractivity contribution in [1.29, 1.82) is 0 Å². The van der Waals surface area contributed by atoms with E-state index in [9.17, 15) is 9.90 Å². The Hall–Kier alpha value is -3.85. The fourth-order valence-electron chi connectivity index (χ4n) is 4.23. The summed E-state index contributed by atoms with van der Waals surface area (Å²) in [6, 6.07) is 20.3. The van der Waals surface area contributed by atoms with Crippen LogP contribution in [0.3, 0.4) is 0 Å². The molecule has 3 aromatic rings. The van der Waals surface area contributed by atoms with Gasteiger partial charge in [0, 0.05) is 12.2 Å². The lowest BCUT2D eigenvalue weighted by Crippen LogP contribution is -2.22. The quantitative estimate of drug-likeness (QED) is 0.247. The van der Waals surface area contributed by atoms with Gasteiger partial charge in [-0.3, -0.25) is 0 Å². The zero-order valence-electron chi connectivity index (χ0n) is 20.7. The largest absolute Gasteiger partial charge is 0.478 e. The SMILES string of the molecule is CCOCOc1ccc(C2=CCC(C)(C)c3cc(C(O)C#Cc4ccc(C(=O)O)cc4)ccc32)cc1. The minimum absolute atomic E-state index is 0.0881. The number of carbonyl (C=O) groups is 1. The fourth-order valence-corrected chi connectivity index (χ4v) is 4.23. The molecular weight excluding hydrogens is 452 g/mol. The highest BCUT2D eigenvalue weighted by Crippen LogP contribution is 2.42. The summed E-state index contributed by atoms with van der Waals surface area (Å²) < 4.78 is 10.9. The molecular formula is C31H30O5. The van der Waals surface area contributed by atoms with Gasteiger partial charge in [-0.15, -0.1) is 0 Å². The van der Waals surface area contributed by atoms with Crippen LogP contribution in [-0.2, 0) is 10.2 Å². The number of rotatable bonds is 7. The van der Waals surface area contributed by atoms with Gasteiger partial charge in [-0.05, 0) is 83.0 Å². The van der Waals surface area contributed by atoms with Gasteiger partial charge in [0.2, 0.25) is 0 Å². The number of allylic oxidation sites excluding steroid dienone is 1. The summed E-state index contributed by atoms with van der Waals surface area (Å²) in [6.45, 7) is 7.18. The predicted octanol–water partition coefficient (Wildman–Crippen LogP) is 5.96. The van der Waals surface area contributed by atoms with E-state index in [2.05, 4.69) is 56.0 Å². The number of carboxylic acids is 1. The zero-order chi connectivity index (χ0) is 25.7. The molecule has 0 amide bonds. The van der Waals surface area contributed by atoms with Crippen LogP contribution >= 0.6 is 0 Å². The Morgan fingerprint density at radius 3 is 2.44 bits per heavy atom. The Labute approximate surface area is 212 Å².